The molecule has 0 aromatic heterocycles. The fourth-order valence-corrected chi connectivity index (χ4v) is 5.17. The van der Waals surface area contributed by atoms with Crippen LogP contribution in [0.15, 0.2) is 12.2 Å². The Labute approximate surface area is 160 Å². The lowest BCUT2D eigenvalue weighted by atomic mass is 9.91. The third-order valence-electron chi connectivity index (χ3n) is 6.46. The molecule has 0 aromatic rings. The number of aliphatic hydroxyl groups is 1. The lowest BCUT2D eigenvalue weighted by Crippen LogP contribution is -2.45. The van der Waals surface area contributed by atoms with E-state index in [1.54, 1.807) is 0 Å². The molecule has 2 aliphatic rings. The lowest BCUT2D eigenvalue weighted by molar-refractivity contribution is -0.141. The van der Waals surface area contributed by atoms with Gasteiger partial charge in [0.25, 0.3) is 0 Å². The maximum atomic E-state index is 11.7. The van der Waals surface area contributed by atoms with Crippen LogP contribution < -0.4 is 0 Å². The number of unbranched alkanes of at least 4 members (excludes halogenated alkanes) is 2. The van der Waals surface area contributed by atoms with E-state index in [0.717, 1.165) is 32.1 Å². The zero-order chi connectivity index (χ0) is 19.5. The van der Waals surface area contributed by atoms with Gasteiger partial charge < -0.3 is 14.3 Å². The number of carbonyl (C=O) groups excluding carboxylic acids is 1. The average Bonchev–Trinajstić information content (AvgIpc) is 2.99. The Morgan fingerprint density at radius 1 is 1.35 bits per heavy atom. The van der Waals surface area contributed by atoms with E-state index >= 15 is 0 Å². The van der Waals surface area contributed by atoms with Crippen molar-refractivity contribution in [3.63, 3.8) is 0 Å². The monoisotopic (exact) mass is 382 g/mol. The third-order valence-corrected chi connectivity index (χ3v) is 11.0. The van der Waals surface area contributed by atoms with Gasteiger partial charge in [-0.25, -0.2) is 0 Å². The standard InChI is InChI=1S/C21H38O4Si/c1-7-8-9-10-15(22)11-12-16-17-13-20(23)24-18(17)14-19(16)25-26(5,6)21(2,3)4/h11-12,15-19,22H,7-10,13-14H2,1-6H3/b12-11+/t15-,16+,17-,18+,19-/m1/s1. The summed E-state index contributed by atoms with van der Waals surface area (Å²) in [6.07, 6.45) is 9.10. The second-order valence-corrected chi connectivity index (χ2v) is 14.3. The van der Waals surface area contributed by atoms with Gasteiger partial charge >= 0.3 is 5.97 Å². The van der Waals surface area contributed by atoms with Crippen LogP contribution in [0.5, 0.6) is 0 Å². The van der Waals surface area contributed by atoms with E-state index < -0.39 is 14.4 Å². The molecule has 1 heterocycles. The zero-order valence-electron chi connectivity index (χ0n) is 17.5. The Bertz CT molecular complexity index is 509. The van der Waals surface area contributed by atoms with Crippen molar-refractivity contribution in [2.75, 3.05) is 0 Å². The van der Waals surface area contributed by atoms with Gasteiger partial charge in [-0.15, -0.1) is 0 Å². The first-order valence-corrected chi connectivity index (χ1v) is 13.2. The molecule has 0 spiro atoms. The second-order valence-electron chi connectivity index (χ2n) is 9.57. The van der Waals surface area contributed by atoms with Crippen molar-refractivity contribution in [3.05, 3.63) is 12.2 Å². The van der Waals surface area contributed by atoms with E-state index in [-0.39, 0.29) is 35.1 Å². The molecule has 1 aliphatic heterocycles. The Hall–Kier alpha value is -0.653. The molecule has 0 aromatic carbocycles. The van der Waals surface area contributed by atoms with Crippen molar-refractivity contribution in [2.24, 2.45) is 11.8 Å². The van der Waals surface area contributed by atoms with Crippen LogP contribution >= 0.6 is 0 Å². The van der Waals surface area contributed by atoms with Crippen LogP contribution in [0.4, 0.5) is 0 Å². The molecule has 0 bridgehead atoms. The van der Waals surface area contributed by atoms with Crippen molar-refractivity contribution < 1.29 is 19.1 Å². The van der Waals surface area contributed by atoms with Crippen LogP contribution in [0, 0.1) is 11.8 Å². The van der Waals surface area contributed by atoms with Crippen LogP contribution in [0.3, 0.4) is 0 Å². The van der Waals surface area contributed by atoms with Gasteiger partial charge in [-0.3, -0.25) is 4.79 Å². The van der Waals surface area contributed by atoms with Gasteiger partial charge in [-0.05, 0) is 24.6 Å². The van der Waals surface area contributed by atoms with Gasteiger partial charge in [0.15, 0.2) is 8.32 Å². The topological polar surface area (TPSA) is 55.8 Å². The summed E-state index contributed by atoms with van der Waals surface area (Å²) < 4.78 is 12.2. The molecule has 26 heavy (non-hydrogen) atoms. The van der Waals surface area contributed by atoms with Crippen molar-refractivity contribution in [1.29, 1.82) is 0 Å². The minimum atomic E-state index is -1.90. The van der Waals surface area contributed by atoms with E-state index in [0.29, 0.717) is 6.42 Å². The SMILES string of the molecule is CCCCC[C@@H](O)/C=C/[C@H]1[C@H]2CC(=O)O[C@H]2C[C@H]1O[Si](C)(C)C(C)(C)C. The smallest absolute Gasteiger partial charge is 0.306 e. The Balaban J connectivity index is 2.08. The first kappa shape index (κ1) is 21.6. The molecule has 150 valence electrons. The minimum absolute atomic E-state index is 0.0239. The minimum Gasteiger partial charge on any atom is -0.462 e. The Kier molecular flexibility index (Phi) is 7.14. The number of hydrogen-bond acceptors (Lipinski definition) is 4. The Morgan fingerprint density at radius 2 is 2.04 bits per heavy atom. The summed E-state index contributed by atoms with van der Waals surface area (Å²) in [7, 11) is -1.90. The van der Waals surface area contributed by atoms with Gasteiger partial charge in [-0.2, -0.15) is 0 Å². The van der Waals surface area contributed by atoms with Crippen molar-refractivity contribution >= 4 is 14.3 Å². The van der Waals surface area contributed by atoms with Gasteiger partial charge in [0.1, 0.15) is 6.10 Å². The van der Waals surface area contributed by atoms with Crippen molar-refractivity contribution in [2.45, 2.75) is 103 Å². The Morgan fingerprint density at radius 3 is 2.65 bits per heavy atom. The van der Waals surface area contributed by atoms with E-state index in [4.69, 9.17) is 9.16 Å². The molecule has 1 saturated carbocycles. The number of hydrogen-bond donors (Lipinski definition) is 1. The van der Waals surface area contributed by atoms with Crippen LogP contribution in [-0.2, 0) is 14.0 Å². The molecule has 1 aliphatic carbocycles. The van der Waals surface area contributed by atoms with Crippen molar-refractivity contribution in [3.8, 4) is 0 Å². The first-order valence-electron chi connectivity index (χ1n) is 10.3. The number of fused-ring (bicyclic) bond motifs is 1. The molecule has 0 amide bonds. The molecular weight excluding hydrogens is 344 g/mol. The second kappa shape index (κ2) is 8.57. The van der Waals surface area contributed by atoms with E-state index in [9.17, 15) is 9.90 Å². The van der Waals surface area contributed by atoms with Gasteiger partial charge in [0.2, 0.25) is 0 Å². The predicted molar refractivity (Wildman–Crippen MR) is 107 cm³/mol. The third kappa shape index (κ3) is 5.20. The average molecular weight is 383 g/mol. The fraction of sp³-hybridized carbons (Fsp3) is 0.857. The highest BCUT2D eigenvalue weighted by molar-refractivity contribution is 6.74. The summed E-state index contributed by atoms with van der Waals surface area (Å²) in [6, 6.07) is 0. The molecule has 4 nitrogen and oxygen atoms in total. The number of rotatable bonds is 8. The number of ether oxygens (including phenoxy) is 1. The van der Waals surface area contributed by atoms with Crippen LogP contribution in [0.25, 0.3) is 0 Å². The molecule has 1 saturated heterocycles. The van der Waals surface area contributed by atoms with E-state index in [1.165, 1.54) is 0 Å². The highest BCUT2D eigenvalue weighted by atomic mass is 28.4. The lowest BCUT2D eigenvalue weighted by Gasteiger charge is -2.39. The molecule has 0 unspecified atom stereocenters. The van der Waals surface area contributed by atoms with Gasteiger partial charge in [-0.1, -0.05) is 59.1 Å². The summed E-state index contributed by atoms with van der Waals surface area (Å²) in [4.78, 5) is 11.7. The summed E-state index contributed by atoms with van der Waals surface area (Å²) in [5.74, 6) is 0.255. The first-order chi connectivity index (χ1) is 12.0. The molecule has 0 radical (unpaired) electrons. The summed E-state index contributed by atoms with van der Waals surface area (Å²) >= 11 is 0. The summed E-state index contributed by atoms with van der Waals surface area (Å²) in [5, 5.41) is 10.4. The van der Waals surface area contributed by atoms with Crippen molar-refractivity contribution in [1.82, 2.24) is 0 Å². The van der Waals surface area contributed by atoms with E-state index in [2.05, 4.69) is 46.9 Å². The van der Waals surface area contributed by atoms with Gasteiger partial charge in [0, 0.05) is 18.3 Å². The fourth-order valence-electron chi connectivity index (χ4n) is 3.80. The summed E-state index contributed by atoms with van der Waals surface area (Å²) in [6.45, 7) is 13.5. The van der Waals surface area contributed by atoms with Gasteiger partial charge in [0.05, 0.1) is 18.6 Å². The molecule has 2 fully saturated rings. The van der Waals surface area contributed by atoms with E-state index in [1.807, 2.05) is 6.08 Å². The summed E-state index contributed by atoms with van der Waals surface area (Å²) in [5.41, 5.74) is 0. The normalized spacial score (nSPS) is 30.7. The molecule has 5 atom stereocenters. The maximum absolute atomic E-state index is 11.7. The highest BCUT2D eigenvalue weighted by Gasteiger charge is 2.52. The van der Waals surface area contributed by atoms with Crippen LogP contribution in [0.2, 0.25) is 18.1 Å². The number of esters is 1. The number of carbonyl (C=O) groups is 1. The quantitative estimate of drug-likeness (QED) is 0.283. The molecule has 1 N–H and O–H groups in total. The van der Waals surface area contributed by atoms with Crippen LogP contribution in [-0.4, -0.2) is 37.7 Å². The highest BCUT2D eigenvalue weighted by Crippen LogP contribution is 2.47. The molecular formula is C21H38O4Si. The number of aliphatic hydroxyl groups excluding tert-OH is 1. The zero-order valence-corrected chi connectivity index (χ0v) is 18.5. The molecule has 2 rings (SSSR count). The van der Waals surface area contributed by atoms with Crippen LogP contribution in [0.1, 0.15) is 66.2 Å². The molecule has 5 heteroatoms. The predicted octanol–water partition coefficient (Wildman–Crippen LogP) is 4.83. The maximum Gasteiger partial charge on any atom is 0.306 e. The largest absolute Gasteiger partial charge is 0.462 e.